The summed E-state index contributed by atoms with van der Waals surface area (Å²) < 4.78 is 5.46. The van der Waals surface area contributed by atoms with Crippen LogP contribution in [-0.2, 0) is 11.2 Å². The summed E-state index contributed by atoms with van der Waals surface area (Å²) in [6, 6.07) is 0. The largest absolute Gasteiger partial charge is 0.372 e. The zero-order valence-corrected chi connectivity index (χ0v) is 12.4. The van der Waals surface area contributed by atoms with E-state index in [0.717, 1.165) is 17.0 Å². The fourth-order valence-corrected chi connectivity index (χ4v) is 2.56. The lowest BCUT2D eigenvalue weighted by Gasteiger charge is -2.06. The predicted molar refractivity (Wildman–Crippen MR) is 76.8 cm³/mol. The van der Waals surface area contributed by atoms with Crippen LogP contribution in [0.5, 0.6) is 0 Å². The van der Waals surface area contributed by atoms with Crippen LogP contribution >= 0.6 is 11.3 Å². The number of nitrogens with zero attached hydrogens (tertiary/aromatic N) is 2. The fraction of sp³-hybridized carbons (Fsp3) is 0.462. The average molecular weight is 294 g/mol. The Morgan fingerprint density at radius 2 is 2.40 bits per heavy atom. The van der Waals surface area contributed by atoms with E-state index in [1.807, 2.05) is 20.0 Å². The number of hydrogen-bond donors (Lipinski definition) is 2. The highest BCUT2D eigenvalue weighted by Gasteiger charge is 2.14. The Balaban J connectivity index is 1.83. The Morgan fingerprint density at radius 1 is 1.55 bits per heavy atom. The molecule has 2 aromatic rings. The molecule has 0 bridgehead atoms. The Hall–Kier alpha value is -1.73. The van der Waals surface area contributed by atoms with Crippen molar-refractivity contribution >= 4 is 17.2 Å². The monoisotopic (exact) mass is 294 g/mol. The van der Waals surface area contributed by atoms with E-state index in [9.17, 15) is 4.79 Å². The van der Waals surface area contributed by atoms with Crippen LogP contribution in [0, 0.1) is 0 Å². The highest BCUT2D eigenvalue weighted by atomic mass is 32.1. The SMILES string of the molecule is CCOC(C)c1ncc(C(=O)NCCc2cn[nH]c2)s1. The first-order valence-electron chi connectivity index (χ1n) is 6.54. The molecule has 0 aliphatic rings. The molecule has 2 rings (SSSR count). The number of nitrogens with one attached hydrogen (secondary N) is 2. The summed E-state index contributed by atoms with van der Waals surface area (Å²) in [6.45, 7) is 5.08. The van der Waals surface area contributed by atoms with Gasteiger partial charge in [-0.05, 0) is 25.8 Å². The molecule has 20 heavy (non-hydrogen) atoms. The average Bonchev–Trinajstić information content (AvgIpc) is 3.10. The van der Waals surface area contributed by atoms with Crippen molar-refractivity contribution in [2.24, 2.45) is 0 Å². The van der Waals surface area contributed by atoms with E-state index in [4.69, 9.17) is 4.74 Å². The highest BCUT2D eigenvalue weighted by Crippen LogP contribution is 2.22. The molecule has 0 saturated carbocycles. The maximum Gasteiger partial charge on any atom is 0.263 e. The third-order valence-corrected chi connectivity index (χ3v) is 3.92. The van der Waals surface area contributed by atoms with Gasteiger partial charge in [-0.2, -0.15) is 5.10 Å². The lowest BCUT2D eigenvalue weighted by molar-refractivity contribution is 0.0762. The summed E-state index contributed by atoms with van der Waals surface area (Å²) in [5, 5.41) is 10.3. The molecule has 0 fully saturated rings. The first-order valence-corrected chi connectivity index (χ1v) is 7.35. The van der Waals surface area contributed by atoms with Crippen LogP contribution in [0.2, 0.25) is 0 Å². The summed E-state index contributed by atoms with van der Waals surface area (Å²) in [5.41, 5.74) is 1.07. The van der Waals surface area contributed by atoms with Crippen molar-refractivity contribution in [3.05, 3.63) is 34.0 Å². The standard InChI is InChI=1S/C13H18N4O2S/c1-3-19-9(2)13-15-8-11(20-13)12(18)14-5-4-10-6-16-17-7-10/h6-9H,3-5H2,1-2H3,(H,14,18)(H,16,17). The number of aromatic amines is 1. The van der Waals surface area contributed by atoms with Crippen molar-refractivity contribution in [3.8, 4) is 0 Å². The van der Waals surface area contributed by atoms with Crippen molar-refractivity contribution < 1.29 is 9.53 Å². The molecule has 108 valence electrons. The van der Waals surface area contributed by atoms with Gasteiger partial charge in [0.15, 0.2) is 0 Å². The van der Waals surface area contributed by atoms with E-state index < -0.39 is 0 Å². The molecule has 0 saturated heterocycles. The molecule has 6 nitrogen and oxygen atoms in total. The van der Waals surface area contributed by atoms with Crippen LogP contribution < -0.4 is 5.32 Å². The van der Waals surface area contributed by atoms with Crippen LogP contribution in [0.1, 0.15) is 40.2 Å². The van der Waals surface area contributed by atoms with Crippen molar-refractivity contribution in [1.82, 2.24) is 20.5 Å². The normalized spacial score (nSPS) is 12.3. The Kier molecular flexibility index (Phi) is 5.25. The molecule has 0 aliphatic heterocycles. The van der Waals surface area contributed by atoms with Gasteiger partial charge in [0, 0.05) is 19.3 Å². The second-order valence-electron chi connectivity index (χ2n) is 4.27. The molecule has 0 radical (unpaired) electrons. The zero-order valence-electron chi connectivity index (χ0n) is 11.5. The third kappa shape index (κ3) is 3.88. The number of amides is 1. The topological polar surface area (TPSA) is 79.9 Å². The van der Waals surface area contributed by atoms with Crippen molar-refractivity contribution in [2.75, 3.05) is 13.2 Å². The van der Waals surface area contributed by atoms with E-state index >= 15 is 0 Å². The smallest absolute Gasteiger partial charge is 0.263 e. The molecule has 7 heteroatoms. The van der Waals surface area contributed by atoms with Gasteiger partial charge in [0.05, 0.1) is 12.4 Å². The molecule has 2 heterocycles. The molecule has 1 atom stereocenters. The minimum atomic E-state index is -0.0963. The Labute approximate surface area is 121 Å². The van der Waals surface area contributed by atoms with Gasteiger partial charge in [0.25, 0.3) is 5.91 Å². The quantitative estimate of drug-likeness (QED) is 0.818. The molecule has 0 aromatic carbocycles. The van der Waals surface area contributed by atoms with Crippen molar-refractivity contribution in [3.63, 3.8) is 0 Å². The van der Waals surface area contributed by atoms with Gasteiger partial charge in [0.2, 0.25) is 0 Å². The molecule has 1 unspecified atom stereocenters. The fourth-order valence-electron chi connectivity index (χ4n) is 1.72. The maximum atomic E-state index is 12.0. The lowest BCUT2D eigenvalue weighted by Crippen LogP contribution is -2.24. The number of aromatic nitrogens is 3. The maximum absolute atomic E-state index is 12.0. The summed E-state index contributed by atoms with van der Waals surface area (Å²) in [5.74, 6) is -0.0963. The molecule has 1 amide bonds. The van der Waals surface area contributed by atoms with Crippen LogP contribution in [-0.4, -0.2) is 34.2 Å². The number of hydrogen-bond acceptors (Lipinski definition) is 5. The van der Waals surface area contributed by atoms with Gasteiger partial charge >= 0.3 is 0 Å². The molecule has 0 aliphatic carbocycles. The van der Waals surface area contributed by atoms with E-state index in [2.05, 4.69) is 20.5 Å². The highest BCUT2D eigenvalue weighted by molar-refractivity contribution is 7.13. The summed E-state index contributed by atoms with van der Waals surface area (Å²) in [4.78, 5) is 16.8. The van der Waals surface area contributed by atoms with E-state index in [-0.39, 0.29) is 12.0 Å². The number of carbonyl (C=O) groups is 1. The summed E-state index contributed by atoms with van der Waals surface area (Å²) in [6.07, 6.45) is 5.85. The van der Waals surface area contributed by atoms with Crippen LogP contribution in [0.25, 0.3) is 0 Å². The van der Waals surface area contributed by atoms with Crippen molar-refractivity contribution in [2.45, 2.75) is 26.4 Å². The number of rotatable bonds is 7. The number of thiazole rings is 1. The predicted octanol–water partition coefficient (Wildman–Crippen LogP) is 1.94. The molecule has 0 spiro atoms. The summed E-state index contributed by atoms with van der Waals surface area (Å²) in [7, 11) is 0. The number of ether oxygens (including phenoxy) is 1. The van der Waals surface area contributed by atoms with Gasteiger partial charge in [-0.15, -0.1) is 11.3 Å². The van der Waals surface area contributed by atoms with Crippen molar-refractivity contribution in [1.29, 1.82) is 0 Å². The van der Waals surface area contributed by atoms with Gasteiger partial charge in [0.1, 0.15) is 16.0 Å². The second-order valence-corrected chi connectivity index (χ2v) is 5.33. The molecule has 2 N–H and O–H groups in total. The van der Waals surface area contributed by atoms with E-state index in [0.29, 0.717) is 18.0 Å². The van der Waals surface area contributed by atoms with Gasteiger partial charge in [-0.3, -0.25) is 9.89 Å². The van der Waals surface area contributed by atoms with Gasteiger partial charge in [-0.25, -0.2) is 4.98 Å². The first kappa shape index (κ1) is 14.7. The lowest BCUT2D eigenvalue weighted by atomic mass is 10.2. The minimum absolute atomic E-state index is 0.0718. The number of H-pyrrole nitrogens is 1. The minimum Gasteiger partial charge on any atom is -0.372 e. The third-order valence-electron chi connectivity index (χ3n) is 2.77. The van der Waals surface area contributed by atoms with Crippen LogP contribution in [0.15, 0.2) is 18.6 Å². The van der Waals surface area contributed by atoms with E-state index in [1.54, 1.807) is 12.4 Å². The molecule has 2 aromatic heterocycles. The second kappa shape index (κ2) is 7.16. The van der Waals surface area contributed by atoms with E-state index in [1.165, 1.54) is 11.3 Å². The molecular weight excluding hydrogens is 276 g/mol. The summed E-state index contributed by atoms with van der Waals surface area (Å²) >= 11 is 1.37. The van der Waals surface area contributed by atoms with Crippen LogP contribution in [0.3, 0.4) is 0 Å². The molecular formula is C13H18N4O2S. The first-order chi connectivity index (χ1) is 9.70. The van der Waals surface area contributed by atoms with Crippen LogP contribution in [0.4, 0.5) is 0 Å². The van der Waals surface area contributed by atoms with Gasteiger partial charge in [-0.1, -0.05) is 0 Å². The Morgan fingerprint density at radius 3 is 3.10 bits per heavy atom. The van der Waals surface area contributed by atoms with Gasteiger partial charge < -0.3 is 10.1 Å². The zero-order chi connectivity index (χ0) is 14.4. The Bertz CT molecular complexity index is 538. The number of carbonyl (C=O) groups excluding carboxylic acids is 1.